The Morgan fingerprint density at radius 3 is 2.57 bits per heavy atom. The fourth-order valence-electron chi connectivity index (χ4n) is 2.96. The Hall–Kier alpha value is -3.62. The molecule has 2 aromatic rings. The van der Waals surface area contributed by atoms with Gasteiger partial charge in [0, 0.05) is 17.2 Å². The molecule has 0 aliphatic carbocycles. The molecule has 9 heteroatoms. The quantitative estimate of drug-likeness (QED) is 0.447. The lowest BCUT2D eigenvalue weighted by Gasteiger charge is -2.20. The molecule has 0 spiro atoms. The summed E-state index contributed by atoms with van der Waals surface area (Å²) in [5.41, 5.74) is 0.635. The molecule has 30 heavy (non-hydrogen) atoms. The molecule has 0 saturated carbocycles. The lowest BCUT2D eigenvalue weighted by molar-refractivity contribution is -0.385. The maximum Gasteiger partial charge on any atom is 0.305 e. The molecule has 2 aromatic carbocycles. The van der Waals surface area contributed by atoms with Gasteiger partial charge in [-0.2, -0.15) is 0 Å². The maximum absolute atomic E-state index is 12.8. The SMILES string of the molecule is CCCOc1ccc(C(CC(=O)O)NC(=O)c2cccc([N+](=O)[O-])c2C)cc1OC. The molecule has 0 radical (unpaired) electrons. The van der Waals surface area contributed by atoms with E-state index in [4.69, 9.17) is 9.47 Å². The third-order valence-electron chi connectivity index (χ3n) is 4.48. The Morgan fingerprint density at radius 1 is 1.23 bits per heavy atom. The van der Waals surface area contributed by atoms with Crippen LogP contribution in [0.25, 0.3) is 0 Å². The number of carbonyl (C=O) groups is 2. The van der Waals surface area contributed by atoms with Gasteiger partial charge in [-0.3, -0.25) is 19.7 Å². The number of aliphatic carboxylic acids is 1. The zero-order valence-electron chi connectivity index (χ0n) is 17.0. The summed E-state index contributed by atoms with van der Waals surface area (Å²) in [4.78, 5) is 34.7. The van der Waals surface area contributed by atoms with Crippen molar-refractivity contribution in [3.63, 3.8) is 0 Å². The van der Waals surface area contributed by atoms with Crippen LogP contribution in [0.1, 0.15) is 47.3 Å². The molecule has 0 aliphatic heterocycles. The van der Waals surface area contributed by atoms with Gasteiger partial charge in [-0.1, -0.05) is 19.1 Å². The van der Waals surface area contributed by atoms with Crippen molar-refractivity contribution >= 4 is 17.6 Å². The number of ether oxygens (including phenoxy) is 2. The van der Waals surface area contributed by atoms with E-state index in [2.05, 4.69) is 5.32 Å². The highest BCUT2D eigenvalue weighted by atomic mass is 16.6. The van der Waals surface area contributed by atoms with E-state index in [-0.39, 0.29) is 23.2 Å². The zero-order chi connectivity index (χ0) is 22.3. The largest absolute Gasteiger partial charge is 0.493 e. The highest BCUT2D eigenvalue weighted by Crippen LogP contribution is 2.32. The van der Waals surface area contributed by atoms with E-state index in [1.165, 1.54) is 32.2 Å². The molecule has 2 N–H and O–H groups in total. The molecule has 0 heterocycles. The number of carbonyl (C=O) groups excluding carboxylic acids is 1. The second kappa shape index (κ2) is 10.2. The van der Waals surface area contributed by atoms with E-state index in [9.17, 15) is 24.8 Å². The van der Waals surface area contributed by atoms with Gasteiger partial charge in [0.05, 0.1) is 31.1 Å². The summed E-state index contributed by atoms with van der Waals surface area (Å²) < 4.78 is 10.9. The third kappa shape index (κ3) is 5.47. The number of hydrogen-bond donors (Lipinski definition) is 2. The van der Waals surface area contributed by atoms with Crippen LogP contribution >= 0.6 is 0 Å². The highest BCUT2D eigenvalue weighted by molar-refractivity contribution is 5.97. The number of nitrogens with zero attached hydrogens (tertiary/aromatic N) is 1. The van der Waals surface area contributed by atoms with Gasteiger partial charge in [0.2, 0.25) is 0 Å². The molecule has 1 unspecified atom stereocenters. The monoisotopic (exact) mass is 416 g/mol. The summed E-state index contributed by atoms with van der Waals surface area (Å²) in [7, 11) is 1.47. The predicted octanol–water partition coefficient (Wildman–Crippen LogP) is 3.65. The second-order valence-corrected chi connectivity index (χ2v) is 6.59. The van der Waals surface area contributed by atoms with Gasteiger partial charge >= 0.3 is 5.97 Å². The summed E-state index contributed by atoms with van der Waals surface area (Å²) in [5.74, 6) is -0.788. The molecule has 0 bridgehead atoms. The van der Waals surface area contributed by atoms with Crippen LogP contribution in [0.5, 0.6) is 11.5 Å². The van der Waals surface area contributed by atoms with E-state index in [0.717, 1.165) is 6.42 Å². The van der Waals surface area contributed by atoms with Crippen molar-refractivity contribution in [3.8, 4) is 11.5 Å². The maximum atomic E-state index is 12.8. The molecule has 0 fully saturated rings. The van der Waals surface area contributed by atoms with E-state index in [1.807, 2.05) is 6.92 Å². The Labute approximate surface area is 173 Å². The summed E-state index contributed by atoms with van der Waals surface area (Å²) in [5, 5.41) is 23.1. The van der Waals surface area contributed by atoms with Crippen LogP contribution in [0.3, 0.4) is 0 Å². The lowest BCUT2D eigenvalue weighted by Crippen LogP contribution is -2.30. The highest BCUT2D eigenvalue weighted by Gasteiger charge is 2.23. The molecule has 1 amide bonds. The number of hydrogen-bond acceptors (Lipinski definition) is 6. The topological polar surface area (TPSA) is 128 Å². The summed E-state index contributed by atoms with van der Waals surface area (Å²) in [6, 6.07) is 8.22. The van der Waals surface area contributed by atoms with Gasteiger partial charge in [0.15, 0.2) is 11.5 Å². The van der Waals surface area contributed by atoms with Crippen LogP contribution in [0.4, 0.5) is 5.69 Å². The molecule has 0 aliphatic rings. The van der Waals surface area contributed by atoms with Crippen LogP contribution in [-0.4, -0.2) is 35.6 Å². The van der Waals surface area contributed by atoms with Gasteiger partial charge in [0.25, 0.3) is 11.6 Å². The molecule has 160 valence electrons. The predicted molar refractivity (Wildman–Crippen MR) is 109 cm³/mol. The van der Waals surface area contributed by atoms with Crippen molar-refractivity contribution in [3.05, 3.63) is 63.2 Å². The number of benzene rings is 2. The molecule has 0 aromatic heterocycles. The number of carboxylic acids is 1. The van der Waals surface area contributed by atoms with Crippen molar-refractivity contribution in [2.24, 2.45) is 0 Å². The smallest absolute Gasteiger partial charge is 0.305 e. The number of amides is 1. The van der Waals surface area contributed by atoms with Crippen molar-refractivity contribution in [2.75, 3.05) is 13.7 Å². The number of methoxy groups -OCH3 is 1. The number of rotatable bonds is 10. The minimum absolute atomic E-state index is 0.106. The fourth-order valence-corrected chi connectivity index (χ4v) is 2.96. The Morgan fingerprint density at radius 2 is 1.97 bits per heavy atom. The fraction of sp³-hybridized carbons (Fsp3) is 0.333. The summed E-state index contributed by atoms with van der Waals surface area (Å²) in [6.45, 7) is 3.94. The standard InChI is InChI=1S/C21H24N2O7/c1-4-10-30-18-9-8-14(11-19(18)29-3)16(12-20(24)25)22-21(26)15-6-5-7-17(13(15)2)23(27)28/h5-9,11,16H,4,10,12H2,1-3H3,(H,22,26)(H,24,25). The molecule has 1 atom stereocenters. The summed E-state index contributed by atoms with van der Waals surface area (Å²) >= 11 is 0. The molecule has 9 nitrogen and oxygen atoms in total. The lowest BCUT2D eigenvalue weighted by atomic mass is 10.0. The van der Waals surface area contributed by atoms with E-state index in [1.54, 1.807) is 18.2 Å². The number of nitro benzene ring substituents is 1. The van der Waals surface area contributed by atoms with Gasteiger partial charge in [0.1, 0.15) is 0 Å². The Balaban J connectivity index is 2.35. The molecular formula is C21H24N2O7. The Bertz CT molecular complexity index is 943. The first-order chi connectivity index (χ1) is 14.3. The van der Waals surface area contributed by atoms with Crippen molar-refractivity contribution in [1.29, 1.82) is 0 Å². The average molecular weight is 416 g/mol. The van der Waals surface area contributed by atoms with Crippen LogP contribution in [0.15, 0.2) is 36.4 Å². The van der Waals surface area contributed by atoms with Gasteiger partial charge in [-0.25, -0.2) is 0 Å². The van der Waals surface area contributed by atoms with E-state index < -0.39 is 22.8 Å². The van der Waals surface area contributed by atoms with Crippen molar-refractivity contribution in [2.45, 2.75) is 32.7 Å². The molecule has 0 saturated heterocycles. The Kier molecular flexibility index (Phi) is 7.74. The zero-order valence-corrected chi connectivity index (χ0v) is 17.0. The van der Waals surface area contributed by atoms with Crippen LogP contribution in [0, 0.1) is 17.0 Å². The normalized spacial score (nSPS) is 11.4. The van der Waals surface area contributed by atoms with Gasteiger partial charge in [-0.05, 0) is 37.1 Å². The number of nitrogens with one attached hydrogen (secondary N) is 1. The minimum atomic E-state index is -1.11. The van der Waals surface area contributed by atoms with Gasteiger partial charge in [-0.15, -0.1) is 0 Å². The summed E-state index contributed by atoms with van der Waals surface area (Å²) in [6.07, 6.45) is 0.434. The first-order valence-electron chi connectivity index (χ1n) is 9.35. The van der Waals surface area contributed by atoms with Crippen molar-refractivity contribution < 1.29 is 29.1 Å². The van der Waals surface area contributed by atoms with E-state index >= 15 is 0 Å². The van der Waals surface area contributed by atoms with Crippen LogP contribution in [-0.2, 0) is 4.79 Å². The van der Waals surface area contributed by atoms with Crippen LogP contribution in [0.2, 0.25) is 0 Å². The third-order valence-corrected chi connectivity index (χ3v) is 4.48. The van der Waals surface area contributed by atoms with Gasteiger partial charge < -0.3 is 19.9 Å². The van der Waals surface area contributed by atoms with Crippen molar-refractivity contribution in [1.82, 2.24) is 5.32 Å². The molecular weight excluding hydrogens is 392 g/mol. The average Bonchev–Trinajstić information content (AvgIpc) is 2.71. The first kappa shape index (κ1) is 22.7. The van der Waals surface area contributed by atoms with E-state index in [0.29, 0.717) is 23.7 Å². The number of carboxylic acid groups (broad SMARTS) is 1. The molecule has 2 rings (SSSR count). The number of nitro groups is 1. The minimum Gasteiger partial charge on any atom is -0.493 e. The second-order valence-electron chi connectivity index (χ2n) is 6.59. The van der Waals surface area contributed by atoms with Crippen LogP contribution < -0.4 is 14.8 Å². The first-order valence-corrected chi connectivity index (χ1v) is 9.35.